The maximum Gasteiger partial charge on any atom is 0.258 e. The summed E-state index contributed by atoms with van der Waals surface area (Å²) in [6, 6.07) is 11.8. The topological polar surface area (TPSA) is 84.5 Å². The van der Waals surface area contributed by atoms with E-state index in [-0.39, 0.29) is 24.4 Å². The zero-order chi connectivity index (χ0) is 18.4. The van der Waals surface area contributed by atoms with Gasteiger partial charge in [-0.2, -0.15) is 0 Å². The molecule has 2 N–H and O–H groups in total. The molecule has 134 valence electrons. The Kier molecular flexibility index (Phi) is 5.97. The molecule has 1 unspecified atom stereocenters. The minimum atomic E-state index is -3.37. The lowest BCUT2D eigenvalue weighted by atomic mass is 10.1. The highest BCUT2D eigenvalue weighted by Crippen LogP contribution is 2.18. The number of ether oxygens (including phenoxy) is 1. The standard InChI is InChI=1S/C17H19FN2O4S/c1-12(13-4-3-5-15(10-13)20-25(2,22)23)19-17(21)11-24-16-8-6-14(18)7-9-16/h3-10,12,20H,11H2,1-2H3,(H,19,21). The van der Waals surface area contributed by atoms with Crippen molar-refractivity contribution in [2.24, 2.45) is 0 Å². The van der Waals surface area contributed by atoms with Gasteiger partial charge in [0.2, 0.25) is 10.0 Å². The molecular formula is C17H19FN2O4S. The molecule has 0 aliphatic carbocycles. The molecule has 0 spiro atoms. The van der Waals surface area contributed by atoms with E-state index in [4.69, 9.17) is 4.74 Å². The van der Waals surface area contributed by atoms with Crippen LogP contribution in [0, 0.1) is 5.82 Å². The number of amides is 1. The van der Waals surface area contributed by atoms with Crippen LogP contribution in [0.3, 0.4) is 0 Å². The quantitative estimate of drug-likeness (QED) is 0.788. The van der Waals surface area contributed by atoms with Gasteiger partial charge in [0, 0.05) is 5.69 Å². The van der Waals surface area contributed by atoms with Crippen molar-refractivity contribution in [2.45, 2.75) is 13.0 Å². The van der Waals surface area contributed by atoms with E-state index in [0.29, 0.717) is 11.4 Å². The molecule has 0 aromatic heterocycles. The minimum Gasteiger partial charge on any atom is -0.484 e. The van der Waals surface area contributed by atoms with Gasteiger partial charge in [0.25, 0.3) is 5.91 Å². The Labute approximate surface area is 146 Å². The van der Waals surface area contributed by atoms with Gasteiger partial charge in [-0.1, -0.05) is 12.1 Å². The van der Waals surface area contributed by atoms with Gasteiger partial charge >= 0.3 is 0 Å². The predicted octanol–water partition coefficient (Wildman–Crippen LogP) is 2.45. The smallest absolute Gasteiger partial charge is 0.258 e. The van der Waals surface area contributed by atoms with Gasteiger partial charge in [-0.25, -0.2) is 12.8 Å². The van der Waals surface area contributed by atoms with Gasteiger partial charge < -0.3 is 10.1 Å². The van der Waals surface area contributed by atoms with Crippen LogP contribution in [0.25, 0.3) is 0 Å². The first-order valence-corrected chi connectivity index (χ1v) is 9.37. The highest BCUT2D eigenvalue weighted by molar-refractivity contribution is 7.92. The van der Waals surface area contributed by atoms with Crippen LogP contribution in [-0.4, -0.2) is 27.2 Å². The number of hydrogen-bond donors (Lipinski definition) is 2. The van der Waals surface area contributed by atoms with E-state index in [1.165, 1.54) is 24.3 Å². The van der Waals surface area contributed by atoms with Crippen molar-refractivity contribution in [3.05, 3.63) is 59.9 Å². The molecule has 2 aromatic rings. The number of carbonyl (C=O) groups is 1. The van der Waals surface area contributed by atoms with Crippen LogP contribution in [0.2, 0.25) is 0 Å². The van der Waals surface area contributed by atoms with Gasteiger partial charge in [0.15, 0.2) is 6.61 Å². The SMILES string of the molecule is CC(NC(=O)COc1ccc(F)cc1)c1cccc(NS(C)(=O)=O)c1. The summed E-state index contributed by atoms with van der Waals surface area (Å²) in [4.78, 5) is 12.0. The number of hydrogen-bond acceptors (Lipinski definition) is 4. The molecular weight excluding hydrogens is 347 g/mol. The Bertz CT molecular complexity index is 838. The fourth-order valence-electron chi connectivity index (χ4n) is 2.13. The molecule has 0 aliphatic rings. The molecule has 0 bridgehead atoms. The summed E-state index contributed by atoms with van der Waals surface area (Å²) in [6.45, 7) is 1.56. The van der Waals surface area contributed by atoms with E-state index in [1.807, 2.05) is 0 Å². The molecule has 25 heavy (non-hydrogen) atoms. The molecule has 0 aliphatic heterocycles. The summed E-state index contributed by atoms with van der Waals surface area (Å²) in [5.41, 5.74) is 1.16. The van der Waals surface area contributed by atoms with Crippen molar-refractivity contribution >= 4 is 21.6 Å². The number of carbonyl (C=O) groups excluding carboxylic acids is 1. The largest absolute Gasteiger partial charge is 0.484 e. The Hall–Kier alpha value is -2.61. The molecule has 1 amide bonds. The molecule has 2 rings (SSSR count). The van der Waals surface area contributed by atoms with E-state index in [0.717, 1.165) is 11.8 Å². The highest BCUT2D eigenvalue weighted by Gasteiger charge is 2.11. The number of nitrogens with one attached hydrogen (secondary N) is 2. The summed E-state index contributed by atoms with van der Waals surface area (Å²) in [5.74, 6) is -0.338. The van der Waals surface area contributed by atoms with Crippen molar-refractivity contribution < 1.29 is 22.3 Å². The van der Waals surface area contributed by atoms with Crippen LogP contribution in [0.4, 0.5) is 10.1 Å². The normalized spacial score (nSPS) is 12.3. The first-order chi connectivity index (χ1) is 11.7. The fourth-order valence-corrected chi connectivity index (χ4v) is 2.69. The van der Waals surface area contributed by atoms with Crippen molar-refractivity contribution in [3.8, 4) is 5.75 Å². The second kappa shape index (κ2) is 7.98. The summed E-state index contributed by atoms with van der Waals surface area (Å²) in [5, 5.41) is 2.75. The first-order valence-electron chi connectivity index (χ1n) is 7.48. The Morgan fingerprint density at radius 2 is 1.88 bits per heavy atom. The third-order valence-corrected chi connectivity index (χ3v) is 3.86. The summed E-state index contributed by atoms with van der Waals surface area (Å²) in [6.07, 6.45) is 1.07. The maximum absolute atomic E-state index is 12.8. The molecule has 1 atom stereocenters. The van der Waals surface area contributed by atoms with E-state index in [1.54, 1.807) is 31.2 Å². The highest BCUT2D eigenvalue weighted by atomic mass is 32.2. The summed E-state index contributed by atoms with van der Waals surface area (Å²) < 4.78 is 43.0. The van der Waals surface area contributed by atoms with Crippen molar-refractivity contribution in [3.63, 3.8) is 0 Å². The minimum absolute atomic E-state index is 0.211. The van der Waals surface area contributed by atoms with Crippen molar-refractivity contribution in [1.29, 1.82) is 0 Å². The molecule has 8 heteroatoms. The van der Waals surface area contributed by atoms with Crippen LogP contribution >= 0.6 is 0 Å². The zero-order valence-electron chi connectivity index (χ0n) is 13.8. The number of benzene rings is 2. The maximum atomic E-state index is 12.8. The Morgan fingerprint density at radius 1 is 1.20 bits per heavy atom. The van der Waals surface area contributed by atoms with Gasteiger partial charge in [0.05, 0.1) is 12.3 Å². The van der Waals surface area contributed by atoms with Crippen LogP contribution in [0.1, 0.15) is 18.5 Å². The van der Waals surface area contributed by atoms with E-state index >= 15 is 0 Å². The van der Waals surface area contributed by atoms with Gasteiger partial charge in [-0.3, -0.25) is 9.52 Å². The van der Waals surface area contributed by atoms with Crippen LogP contribution in [0.5, 0.6) is 5.75 Å². The molecule has 0 saturated heterocycles. The lowest BCUT2D eigenvalue weighted by Crippen LogP contribution is -2.31. The predicted molar refractivity (Wildman–Crippen MR) is 93.4 cm³/mol. The van der Waals surface area contributed by atoms with E-state index in [2.05, 4.69) is 10.0 Å². The number of anilines is 1. The third kappa shape index (κ3) is 6.42. The van der Waals surface area contributed by atoms with Crippen LogP contribution in [-0.2, 0) is 14.8 Å². The summed E-state index contributed by atoms with van der Waals surface area (Å²) >= 11 is 0. The lowest BCUT2D eigenvalue weighted by Gasteiger charge is -2.16. The second-order valence-corrected chi connectivity index (χ2v) is 7.28. The second-order valence-electron chi connectivity index (χ2n) is 5.53. The molecule has 0 fully saturated rings. The van der Waals surface area contributed by atoms with E-state index < -0.39 is 10.0 Å². The number of halogens is 1. The van der Waals surface area contributed by atoms with Gasteiger partial charge in [-0.05, 0) is 48.9 Å². The molecule has 0 heterocycles. The van der Waals surface area contributed by atoms with E-state index in [9.17, 15) is 17.6 Å². The molecule has 0 saturated carbocycles. The van der Waals surface area contributed by atoms with Gasteiger partial charge in [0.1, 0.15) is 11.6 Å². The fraction of sp³-hybridized carbons (Fsp3) is 0.235. The van der Waals surface area contributed by atoms with Crippen molar-refractivity contribution in [2.75, 3.05) is 17.6 Å². The van der Waals surface area contributed by atoms with Crippen LogP contribution in [0.15, 0.2) is 48.5 Å². The van der Waals surface area contributed by atoms with Crippen molar-refractivity contribution in [1.82, 2.24) is 5.32 Å². The van der Waals surface area contributed by atoms with Gasteiger partial charge in [-0.15, -0.1) is 0 Å². The Morgan fingerprint density at radius 3 is 2.52 bits per heavy atom. The zero-order valence-corrected chi connectivity index (χ0v) is 14.6. The molecule has 6 nitrogen and oxygen atoms in total. The summed E-state index contributed by atoms with van der Waals surface area (Å²) in [7, 11) is -3.37. The molecule has 2 aromatic carbocycles. The Balaban J connectivity index is 1.92. The first kappa shape index (κ1) is 18.7. The lowest BCUT2D eigenvalue weighted by molar-refractivity contribution is -0.123. The average molecular weight is 366 g/mol. The number of sulfonamides is 1. The van der Waals surface area contributed by atoms with Crippen LogP contribution < -0.4 is 14.8 Å². The average Bonchev–Trinajstić information content (AvgIpc) is 2.53. The monoisotopic (exact) mass is 366 g/mol. The number of rotatable bonds is 7. The third-order valence-electron chi connectivity index (χ3n) is 3.25. The molecule has 0 radical (unpaired) electrons.